The van der Waals surface area contributed by atoms with Crippen LogP contribution in [0.5, 0.6) is 11.5 Å². The van der Waals surface area contributed by atoms with E-state index in [1.54, 1.807) is 24.4 Å². The lowest BCUT2D eigenvalue weighted by Crippen LogP contribution is -2.33. The van der Waals surface area contributed by atoms with E-state index in [0.29, 0.717) is 29.6 Å². The van der Waals surface area contributed by atoms with Crippen LogP contribution in [-0.2, 0) is 19.5 Å². The lowest BCUT2D eigenvalue weighted by molar-refractivity contribution is -0.148. The Hall–Kier alpha value is -3.87. The number of aromatic nitrogens is 1. The topological polar surface area (TPSA) is 37.5 Å². The molecule has 4 aromatic rings. The Labute approximate surface area is 241 Å². The van der Waals surface area contributed by atoms with Crippen molar-refractivity contribution in [2.45, 2.75) is 44.2 Å². The molecule has 0 spiro atoms. The highest BCUT2D eigenvalue weighted by Crippen LogP contribution is 2.27. The second-order valence-corrected chi connectivity index (χ2v) is 9.96. The lowest BCUT2D eigenvalue weighted by Gasteiger charge is -2.24. The van der Waals surface area contributed by atoms with Crippen LogP contribution in [0, 0.1) is 5.82 Å². The van der Waals surface area contributed by atoms with Gasteiger partial charge in [-0.25, -0.2) is 22.0 Å². The molecule has 4 nitrogen and oxygen atoms in total. The van der Waals surface area contributed by atoms with E-state index in [-0.39, 0.29) is 24.6 Å². The summed E-state index contributed by atoms with van der Waals surface area (Å²) < 4.78 is 127. The molecule has 1 N–H and O–H groups in total. The number of hydrogen-bond acceptors (Lipinski definition) is 3. The third-order valence-corrected chi connectivity index (χ3v) is 6.54. The molecule has 13 heteroatoms. The minimum Gasteiger partial charge on any atom is -0.487 e. The van der Waals surface area contributed by atoms with Gasteiger partial charge in [0.25, 0.3) is 0 Å². The molecule has 0 atom stereocenters. The van der Waals surface area contributed by atoms with Gasteiger partial charge >= 0.3 is 24.7 Å². The molecule has 3 aromatic carbocycles. The Kier molecular flexibility index (Phi) is 10.2. The standard InChI is InChI=1S/C30H27F9N2O2/c31-22-7-8-25-21(14-40-26(25)13-22)9-10-41(15-19-3-1-5-23(11-19)42-17-29(36,37)27(32)33)16-20-4-2-6-24(12-20)43-18-30(38,39)28(34)35/h1-8,11-14,27-28,40H,9-10,15-18H2. The van der Waals surface area contributed by atoms with Crippen LogP contribution in [0.15, 0.2) is 72.9 Å². The first kappa shape index (κ1) is 32.1. The summed E-state index contributed by atoms with van der Waals surface area (Å²) in [5, 5.41) is 0.812. The summed E-state index contributed by atoms with van der Waals surface area (Å²) in [6.07, 6.45) is -5.53. The van der Waals surface area contributed by atoms with Gasteiger partial charge in [-0.1, -0.05) is 24.3 Å². The number of H-pyrrole nitrogens is 1. The molecule has 0 fully saturated rings. The monoisotopic (exact) mass is 618 g/mol. The van der Waals surface area contributed by atoms with Crippen molar-refractivity contribution in [1.29, 1.82) is 0 Å². The molecule has 0 amide bonds. The molecule has 0 aliphatic carbocycles. The first-order chi connectivity index (χ1) is 20.3. The van der Waals surface area contributed by atoms with E-state index in [1.807, 2.05) is 4.90 Å². The molecule has 0 saturated heterocycles. The van der Waals surface area contributed by atoms with Gasteiger partial charge in [-0.3, -0.25) is 4.90 Å². The minimum absolute atomic E-state index is 0.0354. The molecule has 43 heavy (non-hydrogen) atoms. The number of rotatable bonds is 15. The number of nitrogens with zero attached hydrogens (tertiary/aromatic N) is 1. The van der Waals surface area contributed by atoms with E-state index in [9.17, 15) is 39.5 Å². The molecule has 0 bridgehead atoms. The van der Waals surface area contributed by atoms with Crippen LogP contribution in [0.25, 0.3) is 10.9 Å². The molecule has 1 heterocycles. The van der Waals surface area contributed by atoms with Crippen LogP contribution in [0.4, 0.5) is 39.5 Å². The number of ether oxygens (including phenoxy) is 2. The van der Waals surface area contributed by atoms with Crippen molar-refractivity contribution in [2.24, 2.45) is 0 Å². The van der Waals surface area contributed by atoms with Crippen molar-refractivity contribution in [3.63, 3.8) is 0 Å². The van der Waals surface area contributed by atoms with Crippen LogP contribution in [-0.4, -0.2) is 54.3 Å². The number of halogens is 9. The van der Waals surface area contributed by atoms with Gasteiger partial charge in [0.05, 0.1) is 0 Å². The van der Waals surface area contributed by atoms with E-state index >= 15 is 0 Å². The smallest absolute Gasteiger partial charge is 0.340 e. The fourth-order valence-corrected chi connectivity index (χ4v) is 4.33. The Morgan fingerprint density at radius 3 is 1.77 bits per heavy atom. The molecule has 0 aliphatic rings. The number of aromatic amines is 1. The fraction of sp³-hybridized carbons (Fsp3) is 0.333. The maximum Gasteiger partial charge on any atom is 0.340 e. The maximum atomic E-state index is 13.6. The van der Waals surface area contributed by atoms with Crippen LogP contribution in [0.2, 0.25) is 0 Å². The van der Waals surface area contributed by atoms with Crippen molar-refractivity contribution in [1.82, 2.24) is 9.88 Å². The van der Waals surface area contributed by atoms with Crippen molar-refractivity contribution < 1.29 is 49.0 Å². The predicted octanol–water partition coefficient (Wildman–Crippen LogP) is 8.11. The van der Waals surface area contributed by atoms with E-state index in [4.69, 9.17) is 9.47 Å². The van der Waals surface area contributed by atoms with Gasteiger partial charge in [-0.05, 0) is 65.6 Å². The molecule has 0 saturated carbocycles. The largest absolute Gasteiger partial charge is 0.487 e. The molecular weight excluding hydrogens is 591 g/mol. The number of hydrogen-bond donors (Lipinski definition) is 1. The van der Waals surface area contributed by atoms with Gasteiger partial charge in [-0.2, -0.15) is 17.6 Å². The molecule has 0 unspecified atom stereocenters. The Morgan fingerprint density at radius 1 is 0.721 bits per heavy atom. The first-order valence-corrected chi connectivity index (χ1v) is 13.1. The summed E-state index contributed by atoms with van der Waals surface area (Å²) in [6, 6.07) is 16.4. The highest BCUT2D eigenvalue weighted by Gasteiger charge is 2.42. The zero-order valence-corrected chi connectivity index (χ0v) is 22.5. The molecule has 0 radical (unpaired) electrons. The van der Waals surface area contributed by atoms with E-state index in [0.717, 1.165) is 10.9 Å². The summed E-state index contributed by atoms with van der Waals surface area (Å²) in [4.78, 5) is 4.95. The Bertz CT molecular complexity index is 1420. The number of alkyl halides is 8. The lowest BCUT2D eigenvalue weighted by atomic mass is 10.1. The third-order valence-electron chi connectivity index (χ3n) is 6.54. The molecular formula is C30H27F9N2O2. The fourth-order valence-electron chi connectivity index (χ4n) is 4.33. The molecule has 0 aliphatic heterocycles. The van der Waals surface area contributed by atoms with E-state index < -0.39 is 43.7 Å². The zero-order valence-electron chi connectivity index (χ0n) is 22.5. The van der Waals surface area contributed by atoms with Crippen LogP contribution in [0.3, 0.4) is 0 Å². The molecule has 4 rings (SSSR count). The van der Waals surface area contributed by atoms with E-state index in [2.05, 4.69) is 4.98 Å². The summed E-state index contributed by atoms with van der Waals surface area (Å²) in [6.45, 7) is -2.14. The second-order valence-electron chi connectivity index (χ2n) is 9.96. The van der Waals surface area contributed by atoms with E-state index in [1.165, 1.54) is 48.5 Å². The number of nitrogens with one attached hydrogen (secondary N) is 1. The zero-order chi connectivity index (χ0) is 31.2. The van der Waals surface area contributed by atoms with Gasteiger partial charge in [0.2, 0.25) is 0 Å². The third kappa shape index (κ3) is 8.82. The summed E-state index contributed by atoms with van der Waals surface area (Å²) in [5.74, 6) is -9.12. The summed E-state index contributed by atoms with van der Waals surface area (Å²) >= 11 is 0. The number of fused-ring (bicyclic) bond motifs is 1. The van der Waals surface area contributed by atoms with Gasteiger partial charge in [-0.15, -0.1) is 0 Å². The van der Waals surface area contributed by atoms with Gasteiger partial charge in [0.1, 0.15) is 17.3 Å². The second kappa shape index (κ2) is 13.6. The van der Waals surface area contributed by atoms with Gasteiger partial charge < -0.3 is 14.5 Å². The molecule has 232 valence electrons. The van der Waals surface area contributed by atoms with Gasteiger partial charge in [0.15, 0.2) is 13.2 Å². The Balaban J connectivity index is 1.51. The predicted molar refractivity (Wildman–Crippen MR) is 142 cm³/mol. The van der Waals surface area contributed by atoms with Crippen molar-refractivity contribution >= 4 is 10.9 Å². The van der Waals surface area contributed by atoms with Crippen molar-refractivity contribution in [3.8, 4) is 11.5 Å². The van der Waals surface area contributed by atoms with Crippen LogP contribution >= 0.6 is 0 Å². The highest BCUT2D eigenvalue weighted by molar-refractivity contribution is 5.83. The summed E-state index contributed by atoms with van der Waals surface area (Å²) in [7, 11) is 0. The maximum absolute atomic E-state index is 13.6. The number of benzene rings is 3. The SMILES string of the molecule is Fc1ccc2c(CCN(Cc3cccc(OCC(F)(F)C(F)F)c3)Cc3cccc(OCC(F)(F)C(F)F)c3)c[nH]c2c1. The Morgan fingerprint density at radius 2 is 1.26 bits per heavy atom. The van der Waals surface area contributed by atoms with Crippen LogP contribution < -0.4 is 9.47 Å². The van der Waals surface area contributed by atoms with Crippen molar-refractivity contribution in [2.75, 3.05) is 19.8 Å². The average molecular weight is 619 g/mol. The quantitative estimate of drug-likeness (QED) is 0.137. The highest BCUT2D eigenvalue weighted by atomic mass is 19.3. The van der Waals surface area contributed by atoms with Gasteiger partial charge in [0, 0.05) is 36.7 Å². The molecule has 1 aromatic heterocycles. The first-order valence-electron chi connectivity index (χ1n) is 13.1. The summed E-state index contributed by atoms with van der Waals surface area (Å²) in [5.41, 5.74) is 2.70. The van der Waals surface area contributed by atoms with Crippen molar-refractivity contribution in [3.05, 3.63) is 95.4 Å². The average Bonchev–Trinajstić information content (AvgIpc) is 3.36. The minimum atomic E-state index is -4.32. The normalized spacial score (nSPS) is 12.6. The van der Waals surface area contributed by atoms with Crippen LogP contribution in [0.1, 0.15) is 16.7 Å².